The number of hydrogen-bond donors (Lipinski definition) is 0. The Morgan fingerprint density at radius 3 is 2.87 bits per heavy atom. The van der Waals surface area contributed by atoms with Crippen LogP contribution in [0.5, 0.6) is 0 Å². The molecular weight excluding hydrogens is 214 g/mol. The van der Waals surface area contributed by atoms with Crippen LogP contribution in [-0.4, -0.2) is 49.0 Å². The molecule has 0 aliphatic carbocycles. The zero-order valence-corrected chi connectivity index (χ0v) is 10.0. The Bertz CT molecular complexity index is 245. The minimum atomic E-state index is -0.198. The monoisotopic (exact) mass is 231 g/mol. The van der Waals surface area contributed by atoms with E-state index in [1.807, 2.05) is 6.26 Å². The molecule has 1 heterocycles. The number of nitrogens with zero attached hydrogens (tertiary/aromatic N) is 1. The number of carbonyl (C=O) groups excluding carboxylic acids is 2. The highest BCUT2D eigenvalue weighted by Gasteiger charge is 2.28. The molecule has 1 rings (SSSR count). The molecule has 0 saturated carbocycles. The molecule has 5 heteroatoms. The standard InChI is InChI=1S/C10H17NO3S/c1-14-10(13)8-4-3-5-11(6-8)9(12)7-15-2/h8H,3-7H2,1-2H3/t8-/m0/s1. The van der Waals surface area contributed by atoms with Crippen LogP contribution in [0.3, 0.4) is 0 Å². The average Bonchev–Trinajstić information content (AvgIpc) is 2.28. The Morgan fingerprint density at radius 1 is 1.53 bits per heavy atom. The normalized spacial score (nSPS) is 21.2. The van der Waals surface area contributed by atoms with Crippen LogP contribution in [0.1, 0.15) is 12.8 Å². The maximum Gasteiger partial charge on any atom is 0.310 e. The van der Waals surface area contributed by atoms with E-state index in [9.17, 15) is 9.59 Å². The van der Waals surface area contributed by atoms with Crippen LogP contribution in [0, 0.1) is 5.92 Å². The molecule has 1 aliphatic rings. The lowest BCUT2D eigenvalue weighted by molar-refractivity contribution is -0.148. The zero-order valence-electron chi connectivity index (χ0n) is 9.19. The number of thioether (sulfide) groups is 1. The van der Waals surface area contributed by atoms with Crippen LogP contribution in [-0.2, 0) is 14.3 Å². The first-order chi connectivity index (χ1) is 7.19. The highest BCUT2D eigenvalue weighted by atomic mass is 32.2. The topological polar surface area (TPSA) is 46.6 Å². The summed E-state index contributed by atoms with van der Waals surface area (Å²) in [5, 5.41) is 0. The summed E-state index contributed by atoms with van der Waals surface area (Å²) in [6.07, 6.45) is 3.62. The summed E-state index contributed by atoms with van der Waals surface area (Å²) in [4.78, 5) is 24.7. The van der Waals surface area contributed by atoms with Gasteiger partial charge in [-0.2, -0.15) is 11.8 Å². The van der Waals surface area contributed by atoms with Crippen molar-refractivity contribution in [1.29, 1.82) is 0 Å². The number of methoxy groups -OCH3 is 1. The van der Waals surface area contributed by atoms with Crippen molar-refractivity contribution in [2.45, 2.75) is 12.8 Å². The Hall–Kier alpha value is -0.710. The van der Waals surface area contributed by atoms with Crippen LogP contribution >= 0.6 is 11.8 Å². The number of carbonyl (C=O) groups is 2. The van der Waals surface area contributed by atoms with Crippen molar-refractivity contribution in [3.05, 3.63) is 0 Å². The van der Waals surface area contributed by atoms with Crippen molar-refractivity contribution in [3.8, 4) is 0 Å². The highest BCUT2D eigenvalue weighted by molar-refractivity contribution is 7.99. The molecule has 1 fully saturated rings. The van der Waals surface area contributed by atoms with Crippen molar-refractivity contribution in [1.82, 2.24) is 4.90 Å². The summed E-state index contributed by atoms with van der Waals surface area (Å²) >= 11 is 1.51. The van der Waals surface area contributed by atoms with Gasteiger partial charge in [-0.1, -0.05) is 0 Å². The third kappa shape index (κ3) is 3.41. The molecule has 0 aromatic carbocycles. The van der Waals surface area contributed by atoms with Gasteiger partial charge in [-0.05, 0) is 19.1 Å². The number of piperidine rings is 1. The van der Waals surface area contributed by atoms with E-state index in [-0.39, 0.29) is 17.8 Å². The van der Waals surface area contributed by atoms with Gasteiger partial charge < -0.3 is 9.64 Å². The van der Waals surface area contributed by atoms with Gasteiger partial charge in [0, 0.05) is 13.1 Å². The van der Waals surface area contributed by atoms with E-state index in [0.717, 1.165) is 19.4 Å². The second-order valence-electron chi connectivity index (χ2n) is 3.64. The molecule has 1 atom stereocenters. The van der Waals surface area contributed by atoms with Gasteiger partial charge in [-0.15, -0.1) is 0 Å². The number of hydrogen-bond acceptors (Lipinski definition) is 4. The Labute approximate surface area is 94.3 Å². The first-order valence-electron chi connectivity index (χ1n) is 5.03. The lowest BCUT2D eigenvalue weighted by Gasteiger charge is -2.31. The second kappa shape index (κ2) is 6.00. The fraction of sp³-hybridized carbons (Fsp3) is 0.800. The summed E-state index contributed by atoms with van der Waals surface area (Å²) in [7, 11) is 1.39. The third-order valence-electron chi connectivity index (χ3n) is 2.58. The van der Waals surface area contributed by atoms with Crippen molar-refractivity contribution in [2.24, 2.45) is 5.92 Å². The van der Waals surface area contributed by atoms with Gasteiger partial charge in [0.05, 0.1) is 18.8 Å². The molecule has 0 radical (unpaired) electrons. The lowest BCUT2D eigenvalue weighted by atomic mass is 9.98. The Morgan fingerprint density at radius 2 is 2.27 bits per heavy atom. The fourth-order valence-corrected chi connectivity index (χ4v) is 2.21. The minimum absolute atomic E-state index is 0.121. The van der Waals surface area contributed by atoms with Crippen molar-refractivity contribution >= 4 is 23.6 Å². The van der Waals surface area contributed by atoms with Gasteiger partial charge in [0.2, 0.25) is 5.91 Å². The highest BCUT2D eigenvalue weighted by Crippen LogP contribution is 2.18. The quantitative estimate of drug-likeness (QED) is 0.673. The summed E-state index contributed by atoms with van der Waals surface area (Å²) in [6, 6.07) is 0. The SMILES string of the molecule is COC(=O)[C@H]1CCCN(C(=O)CSC)C1. The van der Waals surface area contributed by atoms with Crippen LogP contribution in [0.25, 0.3) is 0 Å². The molecule has 4 nitrogen and oxygen atoms in total. The molecule has 0 bridgehead atoms. The van der Waals surface area contributed by atoms with E-state index < -0.39 is 0 Å². The maximum atomic E-state index is 11.6. The summed E-state index contributed by atoms with van der Waals surface area (Å²) in [5.41, 5.74) is 0. The van der Waals surface area contributed by atoms with Gasteiger partial charge >= 0.3 is 5.97 Å². The van der Waals surface area contributed by atoms with Crippen LogP contribution in [0.2, 0.25) is 0 Å². The molecule has 1 aliphatic heterocycles. The number of rotatable bonds is 3. The molecule has 0 aromatic heterocycles. The van der Waals surface area contributed by atoms with Crippen molar-refractivity contribution in [3.63, 3.8) is 0 Å². The van der Waals surface area contributed by atoms with E-state index in [2.05, 4.69) is 0 Å². The molecule has 0 N–H and O–H groups in total. The van der Waals surface area contributed by atoms with Gasteiger partial charge in [0.25, 0.3) is 0 Å². The average molecular weight is 231 g/mol. The van der Waals surface area contributed by atoms with Crippen molar-refractivity contribution in [2.75, 3.05) is 32.2 Å². The van der Waals surface area contributed by atoms with Gasteiger partial charge in [-0.25, -0.2) is 0 Å². The number of likely N-dealkylation sites (tertiary alicyclic amines) is 1. The fourth-order valence-electron chi connectivity index (χ4n) is 1.78. The van der Waals surface area contributed by atoms with E-state index >= 15 is 0 Å². The van der Waals surface area contributed by atoms with Crippen LogP contribution < -0.4 is 0 Å². The predicted molar refractivity (Wildman–Crippen MR) is 59.7 cm³/mol. The molecule has 15 heavy (non-hydrogen) atoms. The predicted octanol–water partition coefficient (Wildman–Crippen LogP) is 0.761. The number of amides is 1. The largest absolute Gasteiger partial charge is 0.469 e. The number of esters is 1. The molecule has 1 saturated heterocycles. The molecule has 0 aromatic rings. The first-order valence-corrected chi connectivity index (χ1v) is 6.43. The Kier molecular flexibility index (Phi) is 4.94. The molecule has 0 spiro atoms. The molecule has 1 amide bonds. The van der Waals surface area contributed by atoms with Crippen LogP contribution in [0.15, 0.2) is 0 Å². The van der Waals surface area contributed by atoms with E-state index in [1.54, 1.807) is 4.90 Å². The van der Waals surface area contributed by atoms with Crippen molar-refractivity contribution < 1.29 is 14.3 Å². The first kappa shape index (κ1) is 12.4. The zero-order chi connectivity index (χ0) is 11.3. The van der Waals surface area contributed by atoms with Gasteiger partial charge in [0.1, 0.15) is 0 Å². The van der Waals surface area contributed by atoms with E-state index in [4.69, 9.17) is 4.74 Å². The minimum Gasteiger partial charge on any atom is -0.469 e. The lowest BCUT2D eigenvalue weighted by Crippen LogP contribution is -2.43. The van der Waals surface area contributed by atoms with Gasteiger partial charge in [0.15, 0.2) is 0 Å². The maximum absolute atomic E-state index is 11.6. The summed E-state index contributed by atoms with van der Waals surface area (Å²) in [6.45, 7) is 1.29. The second-order valence-corrected chi connectivity index (χ2v) is 4.50. The molecule has 86 valence electrons. The molecule has 0 unspecified atom stereocenters. The van der Waals surface area contributed by atoms with E-state index in [1.165, 1.54) is 18.9 Å². The number of ether oxygens (including phenoxy) is 1. The summed E-state index contributed by atoms with van der Waals surface area (Å²) < 4.78 is 4.70. The van der Waals surface area contributed by atoms with Crippen LogP contribution in [0.4, 0.5) is 0 Å². The smallest absolute Gasteiger partial charge is 0.310 e. The summed E-state index contributed by atoms with van der Waals surface area (Å²) in [5.74, 6) is 0.288. The van der Waals surface area contributed by atoms with E-state index in [0.29, 0.717) is 12.3 Å². The third-order valence-corrected chi connectivity index (χ3v) is 3.11. The van der Waals surface area contributed by atoms with Gasteiger partial charge in [-0.3, -0.25) is 9.59 Å². The molecular formula is C10H17NO3S. The Balaban J connectivity index is 2.48.